The summed E-state index contributed by atoms with van der Waals surface area (Å²) in [6.45, 7) is 5.43. The second kappa shape index (κ2) is 4.88. The molecule has 3 heterocycles. The highest BCUT2D eigenvalue weighted by atomic mass is 15.2. The predicted octanol–water partition coefficient (Wildman–Crippen LogP) is 2.50. The standard InChI is InChI=1S/C15H23N3/c1-3-17-12-7-13-4-5-14(8-12)18(13)15-6-11(2)9-16-10-15/h6,9-10,12-14,17H,3-5,7-8H2,1-2H3. The van der Waals surface area contributed by atoms with E-state index in [0.717, 1.165) is 24.7 Å². The van der Waals surface area contributed by atoms with Gasteiger partial charge in [-0.15, -0.1) is 0 Å². The van der Waals surface area contributed by atoms with Crippen LogP contribution in [0.3, 0.4) is 0 Å². The zero-order valence-corrected chi connectivity index (χ0v) is 11.4. The lowest BCUT2D eigenvalue weighted by Gasteiger charge is -2.40. The highest BCUT2D eigenvalue weighted by Crippen LogP contribution is 2.39. The van der Waals surface area contributed by atoms with Gasteiger partial charge in [0.15, 0.2) is 0 Å². The van der Waals surface area contributed by atoms with Gasteiger partial charge in [0.1, 0.15) is 0 Å². The van der Waals surface area contributed by atoms with Crippen molar-refractivity contribution in [3.05, 3.63) is 24.0 Å². The number of aryl methyl sites for hydroxylation is 1. The van der Waals surface area contributed by atoms with Crippen molar-refractivity contribution in [1.82, 2.24) is 10.3 Å². The van der Waals surface area contributed by atoms with Crippen LogP contribution in [0.1, 0.15) is 38.2 Å². The second-order valence-electron chi connectivity index (χ2n) is 5.74. The number of pyridine rings is 1. The molecule has 0 aromatic carbocycles. The van der Waals surface area contributed by atoms with E-state index in [2.05, 4.69) is 35.1 Å². The smallest absolute Gasteiger partial charge is 0.0560 e. The van der Waals surface area contributed by atoms with Gasteiger partial charge >= 0.3 is 0 Å². The molecule has 2 atom stereocenters. The first-order chi connectivity index (χ1) is 8.78. The maximum absolute atomic E-state index is 4.35. The molecule has 3 nitrogen and oxygen atoms in total. The Bertz CT molecular complexity index is 404. The molecule has 0 amide bonds. The van der Waals surface area contributed by atoms with Crippen LogP contribution in [0.4, 0.5) is 5.69 Å². The molecule has 1 aromatic rings. The maximum Gasteiger partial charge on any atom is 0.0560 e. The van der Waals surface area contributed by atoms with E-state index in [0.29, 0.717) is 0 Å². The van der Waals surface area contributed by atoms with E-state index in [-0.39, 0.29) is 0 Å². The number of piperidine rings is 1. The van der Waals surface area contributed by atoms with Crippen LogP contribution in [0.2, 0.25) is 0 Å². The normalized spacial score (nSPS) is 30.8. The molecule has 1 aromatic heterocycles. The highest BCUT2D eigenvalue weighted by Gasteiger charge is 2.40. The third-order valence-corrected chi connectivity index (χ3v) is 4.38. The fourth-order valence-corrected chi connectivity index (χ4v) is 3.73. The van der Waals surface area contributed by atoms with Gasteiger partial charge in [0.25, 0.3) is 0 Å². The zero-order valence-electron chi connectivity index (χ0n) is 11.4. The van der Waals surface area contributed by atoms with Gasteiger partial charge in [-0.1, -0.05) is 6.92 Å². The fourth-order valence-electron chi connectivity index (χ4n) is 3.73. The van der Waals surface area contributed by atoms with Crippen molar-refractivity contribution in [3.8, 4) is 0 Å². The average Bonchev–Trinajstić information content (AvgIpc) is 2.62. The molecular weight excluding hydrogens is 222 g/mol. The van der Waals surface area contributed by atoms with Crippen molar-refractivity contribution in [2.75, 3.05) is 11.4 Å². The second-order valence-corrected chi connectivity index (χ2v) is 5.74. The van der Waals surface area contributed by atoms with Crippen LogP contribution in [0.15, 0.2) is 18.5 Å². The van der Waals surface area contributed by atoms with Crippen LogP contribution in [0.5, 0.6) is 0 Å². The Morgan fingerprint density at radius 1 is 1.28 bits per heavy atom. The molecule has 2 fully saturated rings. The minimum atomic E-state index is 0.719. The number of anilines is 1. The van der Waals surface area contributed by atoms with Crippen LogP contribution in [-0.2, 0) is 0 Å². The third kappa shape index (κ3) is 2.12. The number of fused-ring (bicyclic) bond motifs is 2. The molecule has 0 radical (unpaired) electrons. The van der Waals surface area contributed by atoms with Gasteiger partial charge in [0.2, 0.25) is 0 Å². The van der Waals surface area contributed by atoms with Gasteiger partial charge in [0.05, 0.1) is 11.9 Å². The number of hydrogen-bond donors (Lipinski definition) is 1. The Morgan fingerprint density at radius 2 is 2.00 bits per heavy atom. The van der Waals surface area contributed by atoms with E-state index in [1.165, 1.54) is 36.9 Å². The van der Waals surface area contributed by atoms with Gasteiger partial charge in [-0.2, -0.15) is 0 Å². The van der Waals surface area contributed by atoms with Crippen molar-refractivity contribution in [1.29, 1.82) is 0 Å². The summed E-state index contributed by atoms with van der Waals surface area (Å²) in [5.74, 6) is 0. The lowest BCUT2D eigenvalue weighted by Crippen LogP contribution is -2.49. The molecule has 18 heavy (non-hydrogen) atoms. The highest BCUT2D eigenvalue weighted by molar-refractivity contribution is 5.50. The lowest BCUT2D eigenvalue weighted by atomic mass is 9.96. The van der Waals surface area contributed by atoms with E-state index in [1.807, 2.05) is 12.4 Å². The topological polar surface area (TPSA) is 28.2 Å². The molecule has 2 saturated heterocycles. The van der Waals surface area contributed by atoms with Crippen molar-refractivity contribution in [3.63, 3.8) is 0 Å². The lowest BCUT2D eigenvalue weighted by molar-refractivity contribution is 0.361. The van der Waals surface area contributed by atoms with Gasteiger partial charge < -0.3 is 10.2 Å². The first kappa shape index (κ1) is 12.0. The monoisotopic (exact) mass is 245 g/mol. The predicted molar refractivity (Wildman–Crippen MR) is 75.0 cm³/mol. The molecule has 3 heteroatoms. The van der Waals surface area contributed by atoms with Gasteiger partial charge in [-0.25, -0.2) is 0 Å². The molecule has 1 N–H and O–H groups in total. The molecular formula is C15H23N3. The summed E-state index contributed by atoms with van der Waals surface area (Å²) in [5, 5.41) is 3.63. The Labute approximate surface area is 110 Å². The quantitative estimate of drug-likeness (QED) is 0.887. The molecule has 0 saturated carbocycles. The summed E-state index contributed by atoms with van der Waals surface area (Å²) in [5.41, 5.74) is 2.60. The molecule has 3 rings (SSSR count). The third-order valence-electron chi connectivity index (χ3n) is 4.38. The Hall–Kier alpha value is -1.09. The summed E-state index contributed by atoms with van der Waals surface area (Å²) in [6.07, 6.45) is 9.25. The molecule has 2 aliphatic rings. The maximum atomic E-state index is 4.35. The Kier molecular flexibility index (Phi) is 3.25. The van der Waals surface area contributed by atoms with Gasteiger partial charge in [-0.3, -0.25) is 4.98 Å². The van der Waals surface area contributed by atoms with Crippen molar-refractivity contribution in [2.24, 2.45) is 0 Å². The van der Waals surface area contributed by atoms with Crippen LogP contribution in [-0.4, -0.2) is 29.7 Å². The fraction of sp³-hybridized carbons (Fsp3) is 0.667. The van der Waals surface area contributed by atoms with Gasteiger partial charge in [-0.05, 0) is 50.8 Å². The first-order valence-corrected chi connectivity index (χ1v) is 7.21. The largest absolute Gasteiger partial charge is 0.364 e. The van der Waals surface area contributed by atoms with Crippen molar-refractivity contribution < 1.29 is 0 Å². The molecule has 2 bridgehead atoms. The van der Waals surface area contributed by atoms with Gasteiger partial charge in [0, 0.05) is 24.3 Å². The van der Waals surface area contributed by atoms with Crippen LogP contribution in [0.25, 0.3) is 0 Å². The van der Waals surface area contributed by atoms with Crippen LogP contribution in [0, 0.1) is 6.92 Å². The molecule has 2 aliphatic heterocycles. The van der Waals surface area contributed by atoms with E-state index in [9.17, 15) is 0 Å². The Morgan fingerprint density at radius 3 is 2.61 bits per heavy atom. The SMILES string of the molecule is CCNC1CC2CCC(C1)N2c1cncc(C)c1. The van der Waals surface area contributed by atoms with Crippen LogP contribution >= 0.6 is 0 Å². The minimum Gasteiger partial charge on any atom is -0.364 e. The summed E-state index contributed by atoms with van der Waals surface area (Å²) < 4.78 is 0. The number of hydrogen-bond acceptors (Lipinski definition) is 3. The number of nitrogens with one attached hydrogen (secondary N) is 1. The number of aromatic nitrogens is 1. The minimum absolute atomic E-state index is 0.719. The van der Waals surface area contributed by atoms with E-state index < -0.39 is 0 Å². The molecule has 2 unspecified atom stereocenters. The van der Waals surface area contributed by atoms with Crippen molar-refractivity contribution >= 4 is 5.69 Å². The summed E-state index contributed by atoms with van der Waals surface area (Å²) in [6, 6.07) is 4.45. The van der Waals surface area contributed by atoms with E-state index >= 15 is 0 Å². The zero-order chi connectivity index (χ0) is 12.5. The molecule has 0 aliphatic carbocycles. The summed E-state index contributed by atoms with van der Waals surface area (Å²) in [7, 11) is 0. The first-order valence-electron chi connectivity index (χ1n) is 7.21. The molecule has 98 valence electrons. The average molecular weight is 245 g/mol. The summed E-state index contributed by atoms with van der Waals surface area (Å²) in [4.78, 5) is 6.99. The molecule has 0 spiro atoms. The van der Waals surface area contributed by atoms with Crippen LogP contribution < -0.4 is 10.2 Å². The van der Waals surface area contributed by atoms with E-state index in [4.69, 9.17) is 0 Å². The number of rotatable bonds is 3. The van der Waals surface area contributed by atoms with E-state index in [1.54, 1.807) is 0 Å². The number of nitrogens with zero attached hydrogens (tertiary/aromatic N) is 2. The van der Waals surface area contributed by atoms with Crippen molar-refractivity contribution in [2.45, 2.75) is 57.7 Å². The summed E-state index contributed by atoms with van der Waals surface area (Å²) >= 11 is 0. The Balaban J connectivity index is 1.79.